The van der Waals surface area contributed by atoms with Crippen LogP contribution in [0.25, 0.3) is 0 Å². The van der Waals surface area contributed by atoms with Gasteiger partial charge >= 0.3 is 0 Å². The molecule has 3 rings (SSSR count). The first-order valence-electron chi connectivity index (χ1n) is 7.89. The third kappa shape index (κ3) is 3.80. The molecular weight excluding hydrogens is 290 g/mol. The van der Waals surface area contributed by atoms with Crippen molar-refractivity contribution < 1.29 is 9.53 Å². The third-order valence-electron chi connectivity index (χ3n) is 4.16. The van der Waals surface area contributed by atoms with E-state index in [1.807, 2.05) is 36.4 Å². The number of para-hydroxylation sites is 1. The zero-order valence-corrected chi connectivity index (χ0v) is 13.2. The van der Waals surface area contributed by atoms with Crippen LogP contribution in [0.3, 0.4) is 0 Å². The van der Waals surface area contributed by atoms with Gasteiger partial charge in [0.05, 0.1) is 19.0 Å². The van der Waals surface area contributed by atoms with Crippen molar-refractivity contribution in [3.05, 3.63) is 48.2 Å². The van der Waals surface area contributed by atoms with Crippen molar-refractivity contribution in [1.29, 1.82) is 0 Å². The Labute approximate surface area is 136 Å². The van der Waals surface area contributed by atoms with Crippen LogP contribution in [0, 0.1) is 5.92 Å². The average Bonchev–Trinajstić information content (AvgIpc) is 2.53. The molecule has 5 heteroatoms. The standard InChI is InChI=1S/C18H21N3O2/c1-23-16-8-3-2-5-14(16)11-19-17-10-9-15(12-20-17)21-18(22)13-6-4-7-13/h2-3,5,8-10,12-13H,4,6-7,11H2,1H3,(H,19,20)(H,21,22). The summed E-state index contributed by atoms with van der Waals surface area (Å²) in [4.78, 5) is 16.2. The largest absolute Gasteiger partial charge is 0.496 e. The molecule has 1 fully saturated rings. The Kier molecular flexibility index (Phi) is 4.76. The van der Waals surface area contributed by atoms with Gasteiger partial charge in [0.25, 0.3) is 0 Å². The van der Waals surface area contributed by atoms with E-state index in [1.165, 1.54) is 0 Å². The molecule has 0 atom stereocenters. The molecule has 1 amide bonds. The van der Waals surface area contributed by atoms with Crippen molar-refractivity contribution in [2.24, 2.45) is 5.92 Å². The second-order valence-electron chi connectivity index (χ2n) is 5.71. The van der Waals surface area contributed by atoms with Crippen LogP contribution in [0.4, 0.5) is 11.5 Å². The number of carbonyl (C=O) groups is 1. The Bertz CT molecular complexity index is 666. The fraction of sp³-hybridized carbons (Fsp3) is 0.333. The number of carbonyl (C=O) groups excluding carboxylic acids is 1. The van der Waals surface area contributed by atoms with E-state index >= 15 is 0 Å². The molecule has 2 aromatic rings. The summed E-state index contributed by atoms with van der Waals surface area (Å²) in [5.41, 5.74) is 1.81. The SMILES string of the molecule is COc1ccccc1CNc1ccc(NC(=O)C2CCC2)cn1. The number of amides is 1. The minimum absolute atomic E-state index is 0.104. The molecule has 1 heterocycles. The van der Waals surface area contributed by atoms with Gasteiger partial charge in [0.2, 0.25) is 5.91 Å². The van der Waals surface area contributed by atoms with Crippen LogP contribution >= 0.6 is 0 Å². The summed E-state index contributed by atoms with van der Waals surface area (Å²) < 4.78 is 5.33. The zero-order valence-electron chi connectivity index (χ0n) is 13.2. The minimum Gasteiger partial charge on any atom is -0.496 e. The Hall–Kier alpha value is -2.56. The predicted octanol–water partition coefficient (Wildman–Crippen LogP) is 3.44. The van der Waals surface area contributed by atoms with Gasteiger partial charge in [0.15, 0.2) is 0 Å². The number of hydrogen-bond acceptors (Lipinski definition) is 4. The van der Waals surface area contributed by atoms with E-state index in [-0.39, 0.29) is 11.8 Å². The quantitative estimate of drug-likeness (QED) is 0.858. The van der Waals surface area contributed by atoms with E-state index in [2.05, 4.69) is 15.6 Å². The van der Waals surface area contributed by atoms with E-state index in [9.17, 15) is 4.79 Å². The number of aromatic nitrogens is 1. The molecular formula is C18H21N3O2. The Morgan fingerprint density at radius 1 is 1.26 bits per heavy atom. The number of benzene rings is 1. The van der Waals surface area contributed by atoms with Crippen LogP contribution in [-0.2, 0) is 11.3 Å². The molecule has 5 nitrogen and oxygen atoms in total. The van der Waals surface area contributed by atoms with Gasteiger partial charge in [-0.3, -0.25) is 4.79 Å². The fourth-order valence-corrected chi connectivity index (χ4v) is 2.52. The fourth-order valence-electron chi connectivity index (χ4n) is 2.52. The molecule has 1 aromatic carbocycles. The third-order valence-corrected chi connectivity index (χ3v) is 4.16. The maximum atomic E-state index is 11.9. The summed E-state index contributed by atoms with van der Waals surface area (Å²) in [6, 6.07) is 11.6. The number of nitrogens with zero attached hydrogens (tertiary/aromatic N) is 1. The predicted molar refractivity (Wildman–Crippen MR) is 90.5 cm³/mol. The Balaban J connectivity index is 1.56. The molecule has 1 aliphatic rings. The summed E-state index contributed by atoms with van der Waals surface area (Å²) >= 11 is 0. The van der Waals surface area contributed by atoms with E-state index in [0.717, 1.165) is 42.1 Å². The van der Waals surface area contributed by atoms with E-state index in [1.54, 1.807) is 13.3 Å². The van der Waals surface area contributed by atoms with Crippen LogP contribution in [0.15, 0.2) is 42.6 Å². The van der Waals surface area contributed by atoms with Gasteiger partial charge in [-0.25, -0.2) is 4.98 Å². The highest BCUT2D eigenvalue weighted by Gasteiger charge is 2.25. The molecule has 0 spiro atoms. The lowest BCUT2D eigenvalue weighted by atomic mass is 9.85. The van der Waals surface area contributed by atoms with Crippen LogP contribution < -0.4 is 15.4 Å². The van der Waals surface area contributed by atoms with Crippen molar-refractivity contribution in [3.63, 3.8) is 0 Å². The van der Waals surface area contributed by atoms with Crippen LogP contribution in [0.1, 0.15) is 24.8 Å². The van der Waals surface area contributed by atoms with Gasteiger partial charge < -0.3 is 15.4 Å². The summed E-state index contributed by atoms with van der Waals surface area (Å²) in [5.74, 6) is 1.90. The lowest BCUT2D eigenvalue weighted by molar-refractivity contribution is -0.122. The number of methoxy groups -OCH3 is 1. The van der Waals surface area contributed by atoms with Crippen molar-refractivity contribution in [3.8, 4) is 5.75 Å². The minimum atomic E-state index is 0.104. The second-order valence-corrected chi connectivity index (χ2v) is 5.71. The molecule has 0 radical (unpaired) electrons. The zero-order chi connectivity index (χ0) is 16.1. The maximum absolute atomic E-state index is 11.9. The molecule has 0 saturated heterocycles. The van der Waals surface area contributed by atoms with Gasteiger partial charge in [-0.05, 0) is 31.0 Å². The monoisotopic (exact) mass is 311 g/mol. The number of rotatable bonds is 6. The summed E-state index contributed by atoms with van der Waals surface area (Å²) in [6.45, 7) is 0.630. The van der Waals surface area contributed by atoms with Crippen molar-refractivity contribution in [2.75, 3.05) is 17.7 Å². The number of ether oxygens (including phenoxy) is 1. The number of nitrogens with one attached hydrogen (secondary N) is 2. The molecule has 2 N–H and O–H groups in total. The smallest absolute Gasteiger partial charge is 0.227 e. The number of anilines is 2. The molecule has 23 heavy (non-hydrogen) atoms. The Morgan fingerprint density at radius 2 is 2.09 bits per heavy atom. The van der Waals surface area contributed by atoms with Gasteiger partial charge in [0.1, 0.15) is 11.6 Å². The maximum Gasteiger partial charge on any atom is 0.227 e. The molecule has 0 unspecified atom stereocenters. The molecule has 1 aromatic heterocycles. The van der Waals surface area contributed by atoms with Crippen molar-refractivity contribution in [2.45, 2.75) is 25.8 Å². The van der Waals surface area contributed by atoms with Crippen molar-refractivity contribution in [1.82, 2.24) is 4.98 Å². The van der Waals surface area contributed by atoms with E-state index in [4.69, 9.17) is 4.74 Å². The summed E-state index contributed by atoms with van der Waals surface area (Å²) in [5, 5.41) is 6.17. The first kappa shape index (κ1) is 15.3. The van der Waals surface area contributed by atoms with Crippen molar-refractivity contribution >= 4 is 17.4 Å². The lowest BCUT2D eigenvalue weighted by Crippen LogP contribution is -2.28. The highest BCUT2D eigenvalue weighted by molar-refractivity contribution is 5.92. The molecule has 1 saturated carbocycles. The van der Waals surface area contributed by atoms with Crippen LogP contribution in [-0.4, -0.2) is 18.0 Å². The normalized spacial score (nSPS) is 14.0. The van der Waals surface area contributed by atoms with Gasteiger partial charge in [-0.15, -0.1) is 0 Å². The number of pyridine rings is 1. The van der Waals surface area contributed by atoms with Gasteiger partial charge in [0, 0.05) is 18.0 Å². The van der Waals surface area contributed by atoms with Gasteiger partial charge in [-0.1, -0.05) is 24.6 Å². The highest BCUT2D eigenvalue weighted by atomic mass is 16.5. The second kappa shape index (κ2) is 7.13. The highest BCUT2D eigenvalue weighted by Crippen LogP contribution is 2.27. The van der Waals surface area contributed by atoms with Crippen LogP contribution in [0.5, 0.6) is 5.75 Å². The molecule has 0 aliphatic heterocycles. The number of hydrogen-bond donors (Lipinski definition) is 2. The average molecular weight is 311 g/mol. The van der Waals surface area contributed by atoms with Crippen LogP contribution in [0.2, 0.25) is 0 Å². The first-order chi connectivity index (χ1) is 11.3. The molecule has 120 valence electrons. The molecule has 1 aliphatic carbocycles. The summed E-state index contributed by atoms with van der Waals surface area (Å²) in [7, 11) is 1.66. The Morgan fingerprint density at radius 3 is 2.74 bits per heavy atom. The first-order valence-corrected chi connectivity index (χ1v) is 7.89. The molecule has 0 bridgehead atoms. The summed E-state index contributed by atoms with van der Waals surface area (Å²) in [6.07, 6.45) is 4.83. The van der Waals surface area contributed by atoms with E-state index in [0.29, 0.717) is 6.54 Å². The van der Waals surface area contributed by atoms with Gasteiger partial charge in [-0.2, -0.15) is 0 Å². The topological polar surface area (TPSA) is 63.2 Å². The van der Waals surface area contributed by atoms with E-state index < -0.39 is 0 Å². The lowest BCUT2D eigenvalue weighted by Gasteiger charge is -2.23.